The first-order chi connectivity index (χ1) is 8.60. The Labute approximate surface area is 109 Å². The van der Waals surface area contributed by atoms with Gasteiger partial charge in [-0.3, -0.25) is 10.1 Å². The maximum Gasteiger partial charge on any atom is 0.244 e. The molecule has 1 saturated heterocycles. The summed E-state index contributed by atoms with van der Waals surface area (Å²) in [5, 5.41) is 3.49. The molecule has 5 nitrogen and oxygen atoms in total. The summed E-state index contributed by atoms with van der Waals surface area (Å²) in [5.41, 5.74) is -0.221. The van der Waals surface area contributed by atoms with E-state index in [9.17, 15) is 4.79 Å². The fourth-order valence-electron chi connectivity index (χ4n) is 2.48. The molecule has 0 aromatic carbocycles. The van der Waals surface area contributed by atoms with Crippen molar-refractivity contribution in [1.82, 2.24) is 10.2 Å². The summed E-state index contributed by atoms with van der Waals surface area (Å²) in [7, 11) is 1.66. The largest absolute Gasteiger partial charge is 0.382 e. The molecular formula is C13H24N2O3. The van der Waals surface area contributed by atoms with Gasteiger partial charge in [-0.2, -0.15) is 0 Å². The molecule has 1 unspecified atom stereocenters. The number of rotatable bonds is 7. The molecule has 2 aliphatic rings. The molecule has 0 aromatic heterocycles. The van der Waals surface area contributed by atoms with Crippen molar-refractivity contribution in [2.45, 2.75) is 38.4 Å². The lowest BCUT2D eigenvalue weighted by Gasteiger charge is -2.27. The van der Waals surface area contributed by atoms with Crippen LogP contribution in [0.25, 0.3) is 0 Å². The molecule has 0 radical (unpaired) electrons. The Hall–Kier alpha value is -0.650. The Balaban J connectivity index is 1.82. The molecule has 1 saturated carbocycles. The van der Waals surface area contributed by atoms with E-state index in [4.69, 9.17) is 9.47 Å². The Kier molecular flexibility index (Phi) is 4.25. The van der Waals surface area contributed by atoms with E-state index in [1.807, 2.05) is 4.90 Å². The monoisotopic (exact) mass is 256 g/mol. The van der Waals surface area contributed by atoms with Crippen LogP contribution < -0.4 is 5.32 Å². The van der Waals surface area contributed by atoms with Gasteiger partial charge in [0.15, 0.2) is 0 Å². The van der Waals surface area contributed by atoms with Crippen molar-refractivity contribution < 1.29 is 14.3 Å². The average molecular weight is 256 g/mol. The van der Waals surface area contributed by atoms with Gasteiger partial charge in [-0.1, -0.05) is 13.8 Å². The highest BCUT2D eigenvalue weighted by molar-refractivity contribution is 5.91. The lowest BCUT2D eigenvalue weighted by atomic mass is 10.1. The second kappa shape index (κ2) is 5.55. The van der Waals surface area contributed by atoms with Gasteiger partial charge in [-0.15, -0.1) is 0 Å². The van der Waals surface area contributed by atoms with Crippen molar-refractivity contribution in [2.24, 2.45) is 5.92 Å². The zero-order valence-electron chi connectivity index (χ0n) is 11.6. The molecule has 1 aliphatic carbocycles. The lowest BCUT2D eigenvalue weighted by Crippen LogP contribution is -2.43. The number of hydrogen-bond donors (Lipinski definition) is 1. The van der Waals surface area contributed by atoms with Gasteiger partial charge >= 0.3 is 0 Å². The minimum Gasteiger partial charge on any atom is -0.382 e. The number of nitrogens with one attached hydrogen (secondary N) is 1. The molecule has 1 aliphatic heterocycles. The maximum atomic E-state index is 12.3. The first kappa shape index (κ1) is 13.8. The minimum atomic E-state index is -0.221. The molecule has 1 N–H and O–H groups in total. The van der Waals surface area contributed by atoms with Crippen molar-refractivity contribution in [3.8, 4) is 0 Å². The molecule has 5 heteroatoms. The van der Waals surface area contributed by atoms with Gasteiger partial charge in [-0.05, 0) is 18.8 Å². The van der Waals surface area contributed by atoms with Crippen LogP contribution in [0.15, 0.2) is 0 Å². The van der Waals surface area contributed by atoms with Crippen molar-refractivity contribution >= 4 is 5.91 Å². The third-order valence-electron chi connectivity index (χ3n) is 3.72. The molecule has 1 atom stereocenters. The van der Waals surface area contributed by atoms with Crippen molar-refractivity contribution in [2.75, 3.05) is 33.5 Å². The molecule has 1 heterocycles. The van der Waals surface area contributed by atoms with Crippen LogP contribution in [0.1, 0.15) is 26.7 Å². The van der Waals surface area contributed by atoms with Crippen LogP contribution in [0.3, 0.4) is 0 Å². The summed E-state index contributed by atoms with van der Waals surface area (Å²) in [5.74, 6) is 0.685. The van der Waals surface area contributed by atoms with E-state index in [1.165, 1.54) is 0 Å². The van der Waals surface area contributed by atoms with Crippen LogP contribution in [-0.4, -0.2) is 56.0 Å². The zero-order chi connectivity index (χ0) is 13.2. The number of carbonyl (C=O) groups is 1. The number of carbonyl (C=O) groups excluding carboxylic acids is 1. The van der Waals surface area contributed by atoms with Gasteiger partial charge < -0.3 is 14.4 Å². The van der Waals surface area contributed by atoms with Gasteiger partial charge in [0.25, 0.3) is 0 Å². The fraction of sp³-hybridized carbons (Fsp3) is 0.923. The van der Waals surface area contributed by atoms with Crippen molar-refractivity contribution in [3.63, 3.8) is 0 Å². The summed E-state index contributed by atoms with van der Waals surface area (Å²) in [6.45, 7) is 6.72. The Morgan fingerprint density at radius 3 is 2.67 bits per heavy atom. The van der Waals surface area contributed by atoms with Crippen LogP contribution in [0.5, 0.6) is 0 Å². The van der Waals surface area contributed by atoms with Gasteiger partial charge in [0, 0.05) is 13.7 Å². The lowest BCUT2D eigenvalue weighted by molar-refractivity contribution is -0.132. The van der Waals surface area contributed by atoms with E-state index in [2.05, 4.69) is 19.2 Å². The van der Waals surface area contributed by atoms with Crippen LogP contribution in [0.4, 0.5) is 0 Å². The van der Waals surface area contributed by atoms with Crippen LogP contribution in [-0.2, 0) is 14.3 Å². The topological polar surface area (TPSA) is 50.8 Å². The Morgan fingerprint density at radius 2 is 2.11 bits per heavy atom. The van der Waals surface area contributed by atoms with Crippen LogP contribution in [0, 0.1) is 5.92 Å². The first-order valence-electron chi connectivity index (χ1n) is 6.76. The number of nitrogens with zero attached hydrogens (tertiary/aromatic N) is 1. The third kappa shape index (κ3) is 2.68. The highest BCUT2D eigenvalue weighted by Gasteiger charge is 2.59. The molecule has 104 valence electrons. The second-order valence-electron chi connectivity index (χ2n) is 5.52. The highest BCUT2D eigenvalue weighted by atomic mass is 16.5. The third-order valence-corrected chi connectivity index (χ3v) is 3.72. The summed E-state index contributed by atoms with van der Waals surface area (Å²) in [4.78, 5) is 14.3. The maximum absolute atomic E-state index is 12.3. The number of methoxy groups -OCH3 is 1. The van der Waals surface area contributed by atoms with Crippen LogP contribution >= 0.6 is 0 Å². The number of amides is 1. The predicted octanol–water partition coefficient (Wildman–Crippen LogP) is 0.596. The smallest absolute Gasteiger partial charge is 0.244 e. The Morgan fingerprint density at radius 1 is 1.39 bits per heavy atom. The zero-order valence-corrected chi connectivity index (χ0v) is 11.6. The summed E-state index contributed by atoms with van der Waals surface area (Å²) >= 11 is 0. The minimum absolute atomic E-state index is 0.158. The van der Waals surface area contributed by atoms with E-state index in [0.717, 1.165) is 12.8 Å². The molecule has 0 aromatic rings. The molecule has 0 bridgehead atoms. The van der Waals surface area contributed by atoms with Gasteiger partial charge in [0.1, 0.15) is 0 Å². The summed E-state index contributed by atoms with van der Waals surface area (Å²) in [6.07, 6.45) is 2.12. The quantitative estimate of drug-likeness (QED) is 0.678. The number of hydrogen-bond acceptors (Lipinski definition) is 4. The van der Waals surface area contributed by atoms with E-state index < -0.39 is 0 Å². The molecule has 18 heavy (non-hydrogen) atoms. The van der Waals surface area contributed by atoms with E-state index in [0.29, 0.717) is 32.3 Å². The average Bonchev–Trinajstić information content (AvgIpc) is 3.06. The van der Waals surface area contributed by atoms with Gasteiger partial charge in [0.2, 0.25) is 5.91 Å². The standard InChI is InChI=1S/C13H24N2O3/c1-10(2)11-14-13(4-5-13)12(16)15(11)6-7-18-9-8-17-3/h10-11,14H,4-9H2,1-3H3. The fourth-order valence-corrected chi connectivity index (χ4v) is 2.48. The van der Waals surface area contributed by atoms with Crippen LogP contribution in [0.2, 0.25) is 0 Å². The van der Waals surface area contributed by atoms with Gasteiger partial charge in [-0.25, -0.2) is 0 Å². The predicted molar refractivity (Wildman–Crippen MR) is 68.1 cm³/mol. The van der Waals surface area contributed by atoms with Gasteiger partial charge in [0.05, 0.1) is 31.5 Å². The van der Waals surface area contributed by atoms with E-state index in [1.54, 1.807) is 7.11 Å². The molecular weight excluding hydrogens is 232 g/mol. The first-order valence-corrected chi connectivity index (χ1v) is 6.76. The number of ether oxygens (including phenoxy) is 2. The summed E-state index contributed by atoms with van der Waals surface area (Å²) in [6, 6.07) is 0. The van der Waals surface area contributed by atoms with Crippen molar-refractivity contribution in [1.29, 1.82) is 0 Å². The summed E-state index contributed by atoms with van der Waals surface area (Å²) < 4.78 is 10.4. The highest BCUT2D eigenvalue weighted by Crippen LogP contribution is 2.43. The SMILES string of the molecule is COCCOCCN1C(=O)C2(CC2)NC1C(C)C. The Bertz CT molecular complexity index is 303. The van der Waals surface area contributed by atoms with E-state index >= 15 is 0 Å². The molecule has 2 rings (SSSR count). The second-order valence-corrected chi connectivity index (χ2v) is 5.52. The normalized spacial score (nSPS) is 25.4. The molecule has 1 spiro atoms. The van der Waals surface area contributed by atoms with E-state index in [-0.39, 0.29) is 17.6 Å². The molecule has 2 fully saturated rings. The molecule has 1 amide bonds. The van der Waals surface area contributed by atoms with Crippen molar-refractivity contribution in [3.05, 3.63) is 0 Å².